The predicted octanol–water partition coefficient (Wildman–Crippen LogP) is 2.04. The molecule has 1 aromatic heterocycles. The fourth-order valence-electron chi connectivity index (χ4n) is 1.95. The molecule has 2 heterocycles. The molecule has 1 fully saturated rings. The van der Waals surface area contributed by atoms with E-state index in [2.05, 4.69) is 10.1 Å². The summed E-state index contributed by atoms with van der Waals surface area (Å²) < 4.78 is 21.5. The summed E-state index contributed by atoms with van der Waals surface area (Å²) in [5.41, 5.74) is 0. The molecule has 0 radical (unpaired) electrons. The van der Waals surface area contributed by atoms with Gasteiger partial charge in [0.25, 0.3) is 5.89 Å². The molecule has 0 bridgehead atoms. The number of rotatable bonds is 6. The third-order valence-corrected chi connectivity index (χ3v) is 2.82. The van der Waals surface area contributed by atoms with Crippen LogP contribution in [-0.2, 0) is 14.2 Å². The Morgan fingerprint density at radius 3 is 2.72 bits per heavy atom. The summed E-state index contributed by atoms with van der Waals surface area (Å²) in [6.45, 7) is 6.36. The molecule has 6 nitrogen and oxygen atoms in total. The SMILES string of the molecule is CCOC(OCC)c1nc(C2CCCOC2)no1. The molecule has 0 spiro atoms. The van der Waals surface area contributed by atoms with E-state index in [-0.39, 0.29) is 5.92 Å². The first-order valence-corrected chi connectivity index (χ1v) is 6.49. The van der Waals surface area contributed by atoms with Gasteiger partial charge in [-0.3, -0.25) is 0 Å². The third-order valence-electron chi connectivity index (χ3n) is 2.82. The standard InChI is InChI=1S/C12H20N2O4/c1-3-16-12(17-4-2)11-13-10(14-18-11)9-6-5-7-15-8-9/h9,12H,3-8H2,1-2H3. The van der Waals surface area contributed by atoms with Gasteiger partial charge in [-0.15, -0.1) is 0 Å². The zero-order chi connectivity index (χ0) is 12.8. The Morgan fingerprint density at radius 1 is 1.33 bits per heavy atom. The van der Waals surface area contributed by atoms with E-state index in [1.807, 2.05) is 13.8 Å². The van der Waals surface area contributed by atoms with Crippen molar-refractivity contribution in [2.45, 2.75) is 38.9 Å². The van der Waals surface area contributed by atoms with Crippen molar-refractivity contribution < 1.29 is 18.7 Å². The lowest BCUT2D eigenvalue weighted by molar-refractivity contribution is -0.155. The second-order valence-electron chi connectivity index (χ2n) is 4.15. The van der Waals surface area contributed by atoms with Crippen LogP contribution in [0.5, 0.6) is 0 Å². The maximum atomic E-state index is 5.42. The van der Waals surface area contributed by atoms with Crippen molar-refractivity contribution in [3.8, 4) is 0 Å². The van der Waals surface area contributed by atoms with E-state index in [9.17, 15) is 0 Å². The maximum Gasteiger partial charge on any atom is 0.283 e. The van der Waals surface area contributed by atoms with Gasteiger partial charge in [0.05, 0.1) is 6.61 Å². The number of nitrogens with zero attached hydrogens (tertiary/aromatic N) is 2. The zero-order valence-electron chi connectivity index (χ0n) is 10.9. The van der Waals surface area contributed by atoms with Crippen molar-refractivity contribution in [1.29, 1.82) is 0 Å². The summed E-state index contributed by atoms with van der Waals surface area (Å²) >= 11 is 0. The molecule has 0 aliphatic carbocycles. The van der Waals surface area contributed by atoms with Gasteiger partial charge in [0, 0.05) is 25.7 Å². The normalized spacial score (nSPS) is 20.5. The summed E-state index contributed by atoms with van der Waals surface area (Å²) in [7, 11) is 0. The topological polar surface area (TPSA) is 66.6 Å². The molecule has 0 amide bonds. The van der Waals surface area contributed by atoms with Crippen LogP contribution in [0, 0.1) is 0 Å². The minimum atomic E-state index is -0.564. The lowest BCUT2D eigenvalue weighted by Crippen LogP contribution is -2.17. The minimum Gasteiger partial charge on any atom is -0.381 e. The third kappa shape index (κ3) is 3.28. The summed E-state index contributed by atoms with van der Waals surface area (Å²) in [4.78, 5) is 4.36. The Hall–Kier alpha value is -0.980. The fourth-order valence-corrected chi connectivity index (χ4v) is 1.95. The molecule has 6 heteroatoms. The Balaban J connectivity index is 2.02. The van der Waals surface area contributed by atoms with E-state index < -0.39 is 6.29 Å². The predicted molar refractivity (Wildman–Crippen MR) is 63.1 cm³/mol. The summed E-state index contributed by atoms with van der Waals surface area (Å²) in [6.07, 6.45) is 1.51. The molecule has 18 heavy (non-hydrogen) atoms. The van der Waals surface area contributed by atoms with Crippen LogP contribution in [0.2, 0.25) is 0 Å². The smallest absolute Gasteiger partial charge is 0.283 e. The Labute approximate surface area is 107 Å². The monoisotopic (exact) mass is 256 g/mol. The van der Waals surface area contributed by atoms with Crippen LogP contribution in [0.1, 0.15) is 50.6 Å². The summed E-state index contributed by atoms with van der Waals surface area (Å²) in [5.74, 6) is 1.30. The van der Waals surface area contributed by atoms with E-state index in [0.717, 1.165) is 19.4 Å². The van der Waals surface area contributed by atoms with E-state index >= 15 is 0 Å². The number of aromatic nitrogens is 2. The summed E-state index contributed by atoms with van der Waals surface area (Å²) in [5, 5.41) is 4.00. The molecule has 102 valence electrons. The maximum absolute atomic E-state index is 5.42. The Bertz CT molecular complexity index is 344. The molecule has 2 rings (SSSR count). The summed E-state index contributed by atoms with van der Waals surface area (Å²) in [6, 6.07) is 0. The number of hydrogen-bond donors (Lipinski definition) is 0. The van der Waals surface area contributed by atoms with Gasteiger partial charge in [-0.05, 0) is 26.7 Å². The second kappa shape index (κ2) is 6.82. The second-order valence-corrected chi connectivity index (χ2v) is 4.15. The largest absolute Gasteiger partial charge is 0.381 e. The van der Waals surface area contributed by atoms with Gasteiger partial charge < -0.3 is 18.7 Å². The highest BCUT2D eigenvalue weighted by Gasteiger charge is 2.25. The van der Waals surface area contributed by atoms with Crippen LogP contribution in [0.3, 0.4) is 0 Å². The average molecular weight is 256 g/mol. The lowest BCUT2D eigenvalue weighted by atomic mass is 10.0. The van der Waals surface area contributed by atoms with Gasteiger partial charge in [-0.25, -0.2) is 0 Å². The van der Waals surface area contributed by atoms with Gasteiger partial charge in [-0.2, -0.15) is 4.98 Å². The van der Waals surface area contributed by atoms with Crippen LogP contribution in [0.4, 0.5) is 0 Å². The molecule has 1 aliphatic heterocycles. The first-order chi connectivity index (χ1) is 8.85. The van der Waals surface area contributed by atoms with Crippen LogP contribution >= 0.6 is 0 Å². The molecule has 1 unspecified atom stereocenters. The molecule has 1 saturated heterocycles. The number of ether oxygens (including phenoxy) is 3. The average Bonchev–Trinajstić information content (AvgIpc) is 2.89. The molecule has 1 atom stereocenters. The van der Waals surface area contributed by atoms with Crippen molar-refractivity contribution in [1.82, 2.24) is 10.1 Å². The molecule has 0 aromatic carbocycles. The lowest BCUT2D eigenvalue weighted by Gasteiger charge is -2.18. The quantitative estimate of drug-likeness (QED) is 0.725. The van der Waals surface area contributed by atoms with Crippen molar-refractivity contribution in [3.63, 3.8) is 0 Å². The molecule has 0 saturated carbocycles. The molecule has 1 aliphatic rings. The Morgan fingerprint density at radius 2 is 2.11 bits per heavy atom. The highest BCUT2D eigenvalue weighted by atomic mass is 16.7. The van der Waals surface area contributed by atoms with E-state index in [0.29, 0.717) is 31.5 Å². The fraction of sp³-hybridized carbons (Fsp3) is 0.833. The zero-order valence-corrected chi connectivity index (χ0v) is 10.9. The first-order valence-electron chi connectivity index (χ1n) is 6.49. The van der Waals surface area contributed by atoms with Crippen molar-refractivity contribution in [3.05, 3.63) is 11.7 Å². The van der Waals surface area contributed by atoms with Gasteiger partial charge >= 0.3 is 0 Å². The first kappa shape index (κ1) is 13.5. The van der Waals surface area contributed by atoms with Crippen molar-refractivity contribution >= 4 is 0 Å². The van der Waals surface area contributed by atoms with Gasteiger partial charge in [0.15, 0.2) is 5.82 Å². The van der Waals surface area contributed by atoms with Crippen LogP contribution in [0.15, 0.2) is 4.52 Å². The van der Waals surface area contributed by atoms with Crippen molar-refractivity contribution in [2.24, 2.45) is 0 Å². The number of hydrogen-bond acceptors (Lipinski definition) is 6. The molecular weight excluding hydrogens is 236 g/mol. The van der Waals surface area contributed by atoms with Crippen LogP contribution < -0.4 is 0 Å². The highest BCUT2D eigenvalue weighted by molar-refractivity contribution is 4.97. The highest BCUT2D eigenvalue weighted by Crippen LogP contribution is 2.25. The van der Waals surface area contributed by atoms with E-state index in [1.54, 1.807) is 0 Å². The molecule has 1 aromatic rings. The van der Waals surface area contributed by atoms with Gasteiger partial charge in [0.1, 0.15) is 0 Å². The molecule has 0 N–H and O–H groups in total. The Kier molecular flexibility index (Phi) is 5.10. The van der Waals surface area contributed by atoms with Crippen molar-refractivity contribution in [2.75, 3.05) is 26.4 Å². The minimum absolute atomic E-state index is 0.222. The van der Waals surface area contributed by atoms with E-state index in [4.69, 9.17) is 18.7 Å². The van der Waals surface area contributed by atoms with Gasteiger partial charge in [0.2, 0.25) is 6.29 Å². The van der Waals surface area contributed by atoms with Crippen LogP contribution in [-0.4, -0.2) is 36.6 Å². The van der Waals surface area contributed by atoms with E-state index in [1.165, 1.54) is 0 Å². The molecular formula is C12H20N2O4. The van der Waals surface area contributed by atoms with Gasteiger partial charge in [-0.1, -0.05) is 5.16 Å². The van der Waals surface area contributed by atoms with Crippen LogP contribution in [0.25, 0.3) is 0 Å².